The Kier molecular flexibility index (Phi) is 3.53. The lowest BCUT2D eigenvalue weighted by Gasteiger charge is -2.45. The van der Waals surface area contributed by atoms with E-state index in [2.05, 4.69) is 44.2 Å². The molecule has 0 aromatic carbocycles. The minimum absolute atomic E-state index is 0.0151. The zero-order chi connectivity index (χ0) is 14.3. The number of hydrogen-bond donors (Lipinski definition) is 1. The summed E-state index contributed by atoms with van der Waals surface area (Å²) in [6.45, 7) is 10.9. The molecule has 5 heteroatoms. The van der Waals surface area contributed by atoms with Gasteiger partial charge in [0.05, 0.1) is 6.04 Å². The molecule has 1 aromatic rings. The normalized spacial score (nSPS) is 23.7. The molecule has 1 aromatic heterocycles. The number of amides is 1. The summed E-state index contributed by atoms with van der Waals surface area (Å²) in [5.41, 5.74) is 1.01. The standard InChI is InChI=1S/C14H22N2O2Si/c1-14(2,3)19(4,5)18-12-11(16-13(12)17)10-7-6-8-15-9-10/h6-9,11-12H,1-5H3,(H,16,17)/t11-,12+/m0/s1. The molecule has 1 fully saturated rings. The minimum atomic E-state index is -1.94. The third-order valence-corrected chi connectivity index (χ3v) is 8.59. The molecule has 4 nitrogen and oxygen atoms in total. The molecular formula is C14H22N2O2Si. The van der Waals surface area contributed by atoms with E-state index in [4.69, 9.17) is 4.43 Å². The van der Waals surface area contributed by atoms with Crippen LogP contribution in [0.5, 0.6) is 0 Å². The van der Waals surface area contributed by atoms with Gasteiger partial charge in [0.25, 0.3) is 5.91 Å². The van der Waals surface area contributed by atoms with Gasteiger partial charge in [-0.15, -0.1) is 0 Å². The van der Waals surface area contributed by atoms with Crippen molar-refractivity contribution < 1.29 is 9.22 Å². The number of rotatable bonds is 3. The van der Waals surface area contributed by atoms with Crippen LogP contribution in [0.2, 0.25) is 18.1 Å². The highest BCUT2D eigenvalue weighted by Gasteiger charge is 2.48. The number of nitrogens with zero attached hydrogens (tertiary/aromatic N) is 1. The summed E-state index contributed by atoms with van der Waals surface area (Å²) in [7, 11) is -1.94. The van der Waals surface area contributed by atoms with Crippen LogP contribution >= 0.6 is 0 Å². The van der Waals surface area contributed by atoms with Crippen molar-refractivity contribution in [3.8, 4) is 0 Å². The van der Waals surface area contributed by atoms with E-state index in [-0.39, 0.29) is 23.1 Å². The molecule has 0 spiro atoms. The monoisotopic (exact) mass is 278 g/mol. The number of β-lactam (4-membered cyclic amide) rings is 1. The van der Waals surface area contributed by atoms with Crippen molar-refractivity contribution >= 4 is 14.2 Å². The van der Waals surface area contributed by atoms with Gasteiger partial charge in [0.15, 0.2) is 8.32 Å². The molecule has 1 N–H and O–H groups in total. The van der Waals surface area contributed by atoms with Gasteiger partial charge in [0.1, 0.15) is 6.10 Å². The van der Waals surface area contributed by atoms with Gasteiger partial charge in [-0.25, -0.2) is 0 Å². The molecule has 0 aliphatic carbocycles. The molecule has 19 heavy (non-hydrogen) atoms. The molecular weight excluding hydrogens is 256 g/mol. The van der Waals surface area contributed by atoms with Gasteiger partial charge in [-0.2, -0.15) is 0 Å². The van der Waals surface area contributed by atoms with E-state index in [1.165, 1.54) is 0 Å². The fourth-order valence-electron chi connectivity index (χ4n) is 1.80. The van der Waals surface area contributed by atoms with E-state index < -0.39 is 8.32 Å². The lowest BCUT2D eigenvalue weighted by molar-refractivity contribution is -0.141. The van der Waals surface area contributed by atoms with Gasteiger partial charge in [0, 0.05) is 12.4 Å². The summed E-state index contributed by atoms with van der Waals surface area (Å²) in [5, 5.41) is 3.00. The lowest BCUT2D eigenvalue weighted by Crippen LogP contribution is -2.61. The van der Waals surface area contributed by atoms with Crippen LogP contribution in [-0.4, -0.2) is 25.3 Å². The van der Waals surface area contributed by atoms with E-state index in [1.807, 2.05) is 12.1 Å². The van der Waals surface area contributed by atoms with E-state index in [0.29, 0.717) is 0 Å². The Balaban J connectivity index is 2.14. The molecule has 1 amide bonds. The fraction of sp³-hybridized carbons (Fsp3) is 0.571. The first-order valence-electron chi connectivity index (χ1n) is 6.60. The van der Waals surface area contributed by atoms with Gasteiger partial charge in [0.2, 0.25) is 0 Å². The van der Waals surface area contributed by atoms with Gasteiger partial charge < -0.3 is 9.74 Å². The molecule has 104 valence electrons. The Morgan fingerprint density at radius 1 is 1.37 bits per heavy atom. The van der Waals surface area contributed by atoms with Crippen molar-refractivity contribution in [3.05, 3.63) is 30.1 Å². The van der Waals surface area contributed by atoms with Crippen LogP contribution in [0.3, 0.4) is 0 Å². The summed E-state index contributed by atoms with van der Waals surface area (Å²) < 4.78 is 6.22. The summed E-state index contributed by atoms with van der Waals surface area (Å²) in [4.78, 5) is 15.9. The second-order valence-corrected chi connectivity index (χ2v) is 11.3. The third-order valence-electron chi connectivity index (χ3n) is 4.13. The molecule has 0 unspecified atom stereocenters. The zero-order valence-corrected chi connectivity index (χ0v) is 13.2. The SMILES string of the molecule is CC(C)(C)[Si](C)(C)O[C@H]1C(=O)N[C@H]1c1cccnc1. The molecule has 0 bridgehead atoms. The molecule has 2 rings (SSSR count). The second-order valence-electron chi connectivity index (χ2n) is 6.57. The predicted octanol–water partition coefficient (Wildman–Crippen LogP) is 2.64. The van der Waals surface area contributed by atoms with Crippen molar-refractivity contribution in [1.29, 1.82) is 0 Å². The highest BCUT2D eigenvalue weighted by Crippen LogP contribution is 2.40. The van der Waals surface area contributed by atoms with Crippen molar-refractivity contribution in [3.63, 3.8) is 0 Å². The maximum Gasteiger partial charge on any atom is 0.251 e. The summed E-state index contributed by atoms with van der Waals surface area (Å²) in [6.07, 6.45) is 3.14. The maximum absolute atomic E-state index is 11.8. The second kappa shape index (κ2) is 4.72. The van der Waals surface area contributed by atoms with Gasteiger partial charge >= 0.3 is 0 Å². The number of carbonyl (C=O) groups excluding carboxylic acids is 1. The first kappa shape index (κ1) is 14.2. The molecule has 0 radical (unpaired) electrons. The number of carbonyl (C=O) groups is 1. The van der Waals surface area contributed by atoms with Crippen molar-refractivity contribution in [1.82, 2.24) is 10.3 Å². The molecule has 1 aliphatic rings. The number of aromatic nitrogens is 1. The van der Waals surface area contributed by atoms with Crippen LogP contribution in [0.1, 0.15) is 32.4 Å². The highest BCUT2D eigenvalue weighted by atomic mass is 28.4. The summed E-state index contributed by atoms with van der Waals surface area (Å²) >= 11 is 0. The van der Waals surface area contributed by atoms with Crippen LogP contribution < -0.4 is 5.32 Å². The average Bonchev–Trinajstić information content (AvgIpc) is 2.33. The van der Waals surface area contributed by atoms with Crippen LogP contribution in [0, 0.1) is 0 Å². The summed E-state index contributed by atoms with van der Waals surface area (Å²) in [5.74, 6) is -0.0151. The molecule has 1 saturated heterocycles. The number of pyridine rings is 1. The Bertz CT molecular complexity index is 468. The van der Waals surface area contributed by atoms with Crippen LogP contribution in [0.15, 0.2) is 24.5 Å². The van der Waals surface area contributed by atoms with Crippen LogP contribution in [0.4, 0.5) is 0 Å². The molecule has 2 atom stereocenters. The Labute approximate surface area is 115 Å². The van der Waals surface area contributed by atoms with E-state index in [1.54, 1.807) is 12.4 Å². The van der Waals surface area contributed by atoms with Crippen LogP contribution in [0.25, 0.3) is 0 Å². The third kappa shape index (κ3) is 2.72. The molecule has 0 saturated carbocycles. The number of hydrogen-bond acceptors (Lipinski definition) is 3. The largest absolute Gasteiger partial charge is 0.403 e. The van der Waals surface area contributed by atoms with E-state index >= 15 is 0 Å². The molecule has 1 aliphatic heterocycles. The average molecular weight is 278 g/mol. The zero-order valence-electron chi connectivity index (χ0n) is 12.2. The van der Waals surface area contributed by atoms with E-state index in [9.17, 15) is 4.79 Å². The Morgan fingerprint density at radius 3 is 2.53 bits per heavy atom. The number of nitrogens with one attached hydrogen (secondary N) is 1. The van der Waals surface area contributed by atoms with Crippen molar-refractivity contribution in [2.24, 2.45) is 0 Å². The predicted molar refractivity (Wildman–Crippen MR) is 77.2 cm³/mol. The van der Waals surface area contributed by atoms with E-state index in [0.717, 1.165) is 5.56 Å². The smallest absolute Gasteiger partial charge is 0.251 e. The van der Waals surface area contributed by atoms with Crippen LogP contribution in [-0.2, 0) is 9.22 Å². The van der Waals surface area contributed by atoms with Gasteiger partial charge in [-0.1, -0.05) is 26.8 Å². The lowest BCUT2D eigenvalue weighted by atomic mass is 9.96. The van der Waals surface area contributed by atoms with Crippen molar-refractivity contribution in [2.45, 2.75) is 51.0 Å². The summed E-state index contributed by atoms with van der Waals surface area (Å²) in [6, 6.07) is 3.79. The maximum atomic E-state index is 11.8. The minimum Gasteiger partial charge on any atom is -0.403 e. The van der Waals surface area contributed by atoms with Crippen molar-refractivity contribution in [2.75, 3.05) is 0 Å². The van der Waals surface area contributed by atoms with Gasteiger partial charge in [-0.05, 0) is 29.8 Å². The molecule has 2 heterocycles. The Hall–Kier alpha value is -1.20. The first-order chi connectivity index (χ1) is 8.72. The quantitative estimate of drug-likeness (QED) is 0.683. The first-order valence-corrected chi connectivity index (χ1v) is 9.51. The van der Waals surface area contributed by atoms with Gasteiger partial charge in [-0.3, -0.25) is 9.78 Å². The Morgan fingerprint density at radius 2 is 2.05 bits per heavy atom. The fourth-order valence-corrected chi connectivity index (χ4v) is 3.03. The topological polar surface area (TPSA) is 51.2 Å². The highest BCUT2D eigenvalue weighted by molar-refractivity contribution is 6.74.